The van der Waals surface area contributed by atoms with Gasteiger partial charge in [-0.05, 0) is 10.4 Å². The molecule has 9 nitrogen and oxygen atoms in total. The molecule has 0 unspecified atom stereocenters. The lowest BCUT2D eigenvalue weighted by Gasteiger charge is -2.04. The van der Waals surface area contributed by atoms with Crippen molar-refractivity contribution in [1.29, 1.82) is 0 Å². The summed E-state index contributed by atoms with van der Waals surface area (Å²) in [5.41, 5.74) is 0. The molecule has 0 saturated heterocycles. The summed E-state index contributed by atoms with van der Waals surface area (Å²) >= 11 is 0. The van der Waals surface area contributed by atoms with E-state index < -0.39 is 5.97 Å². The minimum Gasteiger partial charge on any atom is -0.480 e. The minimum absolute atomic E-state index is 0.0198. The van der Waals surface area contributed by atoms with Crippen LogP contribution in [0.5, 0.6) is 0 Å². The highest BCUT2D eigenvalue weighted by Gasteiger charge is 2.03. The molecular formula is C7H11N5O4. The summed E-state index contributed by atoms with van der Waals surface area (Å²) in [5.74, 6) is -1.31. The number of nitrogens with zero attached hydrogens (tertiary/aromatic N) is 4. The van der Waals surface area contributed by atoms with E-state index in [4.69, 9.17) is 9.84 Å². The second-order valence-electron chi connectivity index (χ2n) is 2.80. The Kier molecular flexibility index (Phi) is 4.86. The van der Waals surface area contributed by atoms with E-state index in [1.807, 2.05) is 0 Å². The van der Waals surface area contributed by atoms with Crippen molar-refractivity contribution in [2.45, 2.75) is 6.54 Å². The summed E-state index contributed by atoms with van der Waals surface area (Å²) in [6.07, 6.45) is 1.32. The van der Waals surface area contributed by atoms with Crippen LogP contribution >= 0.6 is 0 Å². The largest absolute Gasteiger partial charge is 0.480 e. The molecule has 0 aliphatic rings. The number of aliphatic carboxylic acids is 1. The van der Waals surface area contributed by atoms with Gasteiger partial charge in [0.2, 0.25) is 5.91 Å². The lowest BCUT2D eigenvalue weighted by molar-refractivity contribution is -0.142. The van der Waals surface area contributed by atoms with Crippen LogP contribution in [0, 0.1) is 0 Å². The van der Waals surface area contributed by atoms with Gasteiger partial charge in [-0.1, -0.05) is 0 Å². The predicted molar refractivity (Wildman–Crippen MR) is 49.3 cm³/mol. The molecule has 1 amide bonds. The van der Waals surface area contributed by atoms with E-state index in [0.717, 1.165) is 0 Å². The topological polar surface area (TPSA) is 119 Å². The van der Waals surface area contributed by atoms with E-state index in [2.05, 4.69) is 20.8 Å². The highest BCUT2D eigenvalue weighted by atomic mass is 16.5. The molecule has 0 fully saturated rings. The van der Waals surface area contributed by atoms with Gasteiger partial charge >= 0.3 is 5.97 Å². The first-order valence-corrected chi connectivity index (χ1v) is 4.45. The maximum Gasteiger partial charge on any atom is 0.329 e. The number of nitrogens with one attached hydrogen (secondary N) is 1. The van der Waals surface area contributed by atoms with Gasteiger partial charge in [0.15, 0.2) is 0 Å². The van der Waals surface area contributed by atoms with Gasteiger partial charge in [0.25, 0.3) is 0 Å². The molecule has 0 bridgehead atoms. The van der Waals surface area contributed by atoms with Gasteiger partial charge in [0, 0.05) is 6.54 Å². The van der Waals surface area contributed by atoms with Crippen LogP contribution < -0.4 is 5.32 Å². The van der Waals surface area contributed by atoms with E-state index in [-0.39, 0.29) is 32.2 Å². The number of ether oxygens (including phenoxy) is 1. The van der Waals surface area contributed by atoms with Gasteiger partial charge in [0.05, 0.1) is 6.61 Å². The Morgan fingerprint density at radius 2 is 2.31 bits per heavy atom. The molecule has 1 aromatic heterocycles. The SMILES string of the molecule is O=C(O)COCCNC(=O)Cn1cnnn1. The minimum atomic E-state index is -1.04. The van der Waals surface area contributed by atoms with Crippen molar-refractivity contribution in [3.05, 3.63) is 6.33 Å². The fraction of sp³-hybridized carbons (Fsp3) is 0.571. The Morgan fingerprint density at radius 3 is 2.94 bits per heavy atom. The second kappa shape index (κ2) is 6.45. The van der Waals surface area contributed by atoms with Gasteiger partial charge < -0.3 is 15.2 Å². The van der Waals surface area contributed by atoms with E-state index in [0.29, 0.717) is 0 Å². The molecule has 16 heavy (non-hydrogen) atoms. The molecule has 2 N–H and O–H groups in total. The van der Waals surface area contributed by atoms with Crippen molar-refractivity contribution in [2.24, 2.45) is 0 Å². The number of carbonyl (C=O) groups excluding carboxylic acids is 1. The highest BCUT2D eigenvalue weighted by molar-refractivity contribution is 5.75. The summed E-state index contributed by atoms with van der Waals surface area (Å²) in [7, 11) is 0. The van der Waals surface area contributed by atoms with Crippen molar-refractivity contribution in [2.75, 3.05) is 19.8 Å². The third kappa shape index (κ3) is 5.00. The zero-order chi connectivity index (χ0) is 11.8. The van der Waals surface area contributed by atoms with Gasteiger partial charge in [-0.15, -0.1) is 5.10 Å². The Bertz CT molecular complexity index is 339. The van der Waals surface area contributed by atoms with Crippen LogP contribution in [0.4, 0.5) is 0 Å². The van der Waals surface area contributed by atoms with Crippen LogP contribution in [0.25, 0.3) is 0 Å². The lowest BCUT2D eigenvalue weighted by atomic mass is 10.5. The summed E-state index contributed by atoms with van der Waals surface area (Å²) in [6, 6.07) is 0. The Balaban J connectivity index is 2.05. The zero-order valence-corrected chi connectivity index (χ0v) is 8.37. The second-order valence-corrected chi connectivity index (χ2v) is 2.80. The van der Waals surface area contributed by atoms with Crippen molar-refractivity contribution >= 4 is 11.9 Å². The van der Waals surface area contributed by atoms with E-state index in [1.165, 1.54) is 11.0 Å². The fourth-order valence-corrected chi connectivity index (χ4v) is 0.878. The number of rotatable bonds is 7. The third-order valence-corrected chi connectivity index (χ3v) is 1.49. The standard InChI is InChI=1S/C7H11N5O4/c13-6(3-12-5-9-10-11-12)8-1-2-16-4-7(14)15/h5H,1-4H2,(H,8,13)(H,14,15). The van der Waals surface area contributed by atoms with Crippen LogP contribution in [0.3, 0.4) is 0 Å². The van der Waals surface area contributed by atoms with Crippen molar-refractivity contribution < 1.29 is 19.4 Å². The van der Waals surface area contributed by atoms with E-state index in [1.54, 1.807) is 0 Å². The maximum absolute atomic E-state index is 11.2. The Labute approximate surface area is 90.4 Å². The highest BCUT2D eigenvalue weighted by Crippen LogP contribution is 1.79. The average Bonchev–Trinajstić information content (AvgIpc) is 2.69. The molecule has 0 aromatic carbocycles. The smallest absolute Gasteiger partial charge is 0.329 e. The fourth-order valence-electron chi connectivity index (χ4n) is 0.878. The third-order valence-electron chi connectivity index (χ3n) is 1.49. The molecule has 9 heteroatoms. The molecule has 0 aliphatic carbocycles. The van der Waals surface area contributed by atoms with Crippen LogP contribution in [0.1, 0.15) is 0 Å². The molecule has 0 saturated carbocycles. The van der Waals surface area contributed by atoms with Gasteiger partial charge in [0.1, 0.15) is 19.5 Å². The number of carboxylic acid groups (broad SMARTS) is 1. The number of tetrazole rings is 1. The molecule has 88 valence electrons. The predicted octanol–water partition coefficient (Wildman–Crippen LogP) is -2.11. The molecule has 0 spiro atoms. The van der Waals surface area contributed by atoms with Crippen LogP contribution in [0.15, 0.2) is 6.33 Å². The monoisotopic (exact) mass is 229 g/mol. The van der Waals surface area contributed by atoms with E-state index in [9.17, 15) is 9.59 Å². The van der Waals surface area contributed by atoms with Crippen LogP contribution in [-0.4, -0.2) is 56.9 Å². The quantitative estimate of drug-likeness (QED) is 0.513. The molecule has 1 aromatic rings. The number of hydrogen-bond donors (Lipinski definition) is 2. The van der Waals surface area contributed by atoms with Gasteiger partial charge in [-0.3, -0.25) is 4.79 Å². The lowest BCUT2D eigenvalue weighted by Crippen LogP contribution is -2.31. The number of aromatic nitrogens is 4. The summed E-state index contributed by atoms with van der Waals surface area (Å²) in [5, 5.41) is 21.0. The van der Waals surface area contributed by atoms with Gasteiger partial charge in [-0.25, -0.2) is 9.48 Å². The summed E-state index contributed by atoms with van der Waals surface area (Å²) in [4.78, 5) is 21.3. The van der Waals surface area contributed by atoms with Crippen molar-refractivity contribution in [1.82, 2.24) is 25.5 Å². The first-order valence-electron chi connectivity index (χ1n) is 4.45. The molecule has 1 heterocycles. The summed E-state index contributed by atoms with van der Waals surface area (Å²) in [6.45, 7) is 0.0384. The molecule has 0 atom stereocenters. The van der Waals surface area contributed by atoms with Crippen molar-refractivity contribution in [3.8, 4) is 0 Å². The average molecular weight is 229 g/mol. The first-order chi connectivity index (χ1) is 7.68. The number of hydrogen-bond acceptors (Lipinski definition) is 6. The summed E-state index contributed by atoms with van der Waals surface area (Å²) < 4.78 is 5.99. The van der Waals surface area contributed by atoms with Gasteiger partial charge in [-0.2, -0.15) is 0 Å². The Morgan fingerprint density at radius 1 is 1.50 bits per heavy atom. The first kappa shape index (κ1) is 12.0. The number of carbonyl (C=O) groups is 2. The van der Waals surface area contributed by atoms with Crippen LogP contribution in [0.2, 0.25) is 0 Å². The normalized spacial score (nSPS) is 10.0. The van der Waals surface area contributed by atoms with Crippen molar-refractivity contribution in [3.63, 3.8) is 0 Å². The molecule has 0 aliphatic heterocycles. The maximum atomic E-state index is 11.2. The molecule has 1 rings (SSSR count). The van der Waals surface area contributed by atoms with E-state index >= 15 is 0 Å². The Hall–Kier alpha value is -2.03. The molecule has 0 radical (unpaired) electrons. The zero-order valence-electron chi connectivity index (χ0n) is 8.37. The molecular weight excluding hydrogens is 218 g/mol. The van der Waals surface area contributed by atoms with Crippen LogP contribution in [-0.2, 0) is 20.9 Å². The number of carboxylic acids is 1. The number of amides is 1.